The second-order valence-corrected chi connectivity index (χ2v) is 2.62. The molecule has 0 aromatic carbocycles. The van der Waals surface area contributed by atoms with Crippen molar-refractivity contribution < 1.29 is 0 Å². The molecule has 4 heteroatoms. The summed E-state index contributed by atoms with van der Waals surface area (Å²) in [5, 5.41) is 3.39. The highest BCUT2D eigenvalue weighted by Crippen LogP contribution is 2.15. The number of rotatable bonds is 2. The van der Waals surface area contributed by atoms with Crippen LogP contribution in [0.5, 0.6) is 0 Å². The van der Waals surface area contributed by atoms with Gasteiger partial charge >= 0.3 is 0 Å². The normalized spacial score (nSPS) is 12.5. The minimum absolute atomic E-state index is 0.396. The Kier molecular flexibility index (Phi) is 2.54. The van der Waals surface area contributed by atoms with Crippen molar-refractivity contribution in [2.45, 2.75) is 13.0 Å². The Hall–Kier alpha value is -0.960. The molecule has 0 aliphatic carbocycles. The van der Waals surface area contributed by atoms with E-state index in [0.717, 1.165) is 0 Å². The Bertz CT molecular complexity index is 247. The van der Waals surface area contributed by atoms with Gasteiger partial charge in [-0.15, -0.1) is 0 Å². The smallest absolute Gasteiger partial charge is 0.131 e. The van der Waals surface area contributed by atoms with Crippen LogP contribution in [0.4, 0.5) is 0 Å². The van der Waals surface area contributed by atoms with Gasteiger partial charge in [0.1, 0.15) is 6.04 Å². The quantitative estimate of drug-likeness (QED) is 0.641. The van der Waals surface area contributed by atoms with E-state index >= 15 is 0 Å². The van der Waals surface area contributed by atoms with E-state index in [0.29, 0.717) is 10.7 Å². The van der Waals surface area contributed by atoms with Gasteiger partial charge in [0.05, 0.1) is 10.7 Å². The van der Waals surface area contributed by atoms with Crippen molar-refractivity contribution in [3.63, 3.8) is 0 Å². The fourth-order valence-electron chi connectivity index (χ4n) is 0.688. The standard InChI is InChI=1S/C7H7ClN2O/c1-5(10-11)7-3-2-6(8)4-9-7/h2-5H,1H3. The van der Waals surface area contributed by atoms with Crippen LogP contribution in [0, 0.1) is 4.91 Å². The first kappa shape index (κ1) is 8.14. The molecule has 0 spiro atoms. The molecule has 0 saturated carbocycles. The minimum Gasteiger partial charge on any atom is -0.257 e. The first-order chi connectivity index (χ1) is 5.24. The molecular formula is C7H7ClN2O. The molecule has 0 N–H and O–H groups in total. The third-order valence-corrected chi connectivity index (χ3v) is 1.56. The van der Waals surface area contributed by atoms with E-state index in [1.54, 1.807) is 19.1 Å². The van der Waals surface area contributed by atoms with E-state index in [1.165, 1.54) is 6.20 Å². The van der Waals surface area contributed by atoms with Gasteiger partial charge in [0, 0.05) is 6.20 Å². The highest BCUT2D eigenvalue weighted by Gasteiger charge is 2.04. The van der Waals surface area contributed by atoms with Crippen molar-refractivity contribution in [3.05, 3.63) is 34.0 Å². The molecule has 0 aliphatic rings. The molecule has 11 heavy (non-hydrogen) atoms. The summed E-state index contributed by atoms with van der Waals surface area (Å²) in [4.78, 5) is 14.0. The Labute approximate surface area is 69.4 Å². The third-order valence-electron chi connectivity index (χ3n) is 1.34. The first-order valence-corrected chi connectivity index (χ1v) is 3.55. The zero-order valence-electron chi connectivity index (χ0n) is 5.99. The molecule has 0 fully saturated rings. The van der Waals surface area contributed by atoms with E-state index in [2.05, 4.69) is 10.2 Å². The monoisotopic (exact) mass is 170 g/mol. The SMILES string of the molecule is CC(N=O)c1ccc(Cl)cn1. The van der Waals surface area contributed by atoms with Crippen LogP contribution in [0.15, 0.2) is 23.5 Å². The number of nitrogens with zero attached hydrogens (tertiary/aromatic N) is 2. The number of hydrogen-bond acceptors (Lipinski definition) is 3. The molecule has 0 saturated heterocycles. The number of aromatic nitrogens is 1. The summed E-state index contributed by atoms with van der Waals surface area (Å²) >= 11 is 5.59. The summed E-state index contributed by atoms with van der Waals surface area (Å²) < 4.78 is 0. The van der Waals surface area contributed by atoms with Crippen LogP contribution < -0.4 is 0 Å². The van der Waals surface area contributed by atoms with Crippen molar-refractivity contribution in [2.75, 3.05) is 0 Å². The average molecular weight is 171 g/mol. The summed E-state index contributed by atoms with van der Waals surface area (Å²) in [5.74, 6) is 0. The second-order valence-electron chi connectivity index (χ2n) is 2.18. The van der Waals surface area contributed by atoms with Crippen LogP contribution in [0.25, 0.3) is 0 Å². The molecule has 1 unspecified atom stereocenters. The molecule has 0 amide bonds. The van der Waals surface area contributed by atoms with Gasteiger partial charge < -0.3 is 0 Å². The van der Waals surface area contributed by atoms with Crippen molar-refractivity contribution in [2.24, 2.45) is 5.18 Å². The molecule has 1 heterocycles. The molecule has 1 aromatic heterocycles. The highest BCUT2D eigenvalue weighted by atomic mass is 35.5. The zero-order chi connectivity index (χ0) is 8.27. The topological polar surface area (TPSA) is 42.3 Å². The van der Waals surface area contributed by atoms with Crippen molar-refractivity contribution in [1.29, 1.82) is 0 Å². The summed E-state index contributed by atoms with van der Waals surface area (Å²) in [7, 11) is 0. The van der Waals surface area contributed by atoms with Gasteiger partial charge in [-0.25, -0.2) is 0 Å². The first-order valence-electron chi connectivity index (χ1n) is 3.18. The lowest BCUT2D eigenvalue weighted by Crippen LogP contribution is -1.91. The number of hydrogen-bond donors (Lipinski definition) is 0. The Morgan fingerprint density at radius 2 is 2.36 bits per heavy atom. The van der Waals surface area contributed by atoms with Gasteiger partial charge in [0.15, 0.2) is 0 Å². The van der Waals surface area contributed by atoms with E-state index < -0.39 is 6.04 Å². The van der Waals surface area contributed by atoms with Gasteiger partial charge in [-0.3, -0.25) is 4.98 Å². The predicted octanol–water partition coefficient (Wildman–Crippen LogP) is 2.56. The molecule has 1 aromatic rings. The molecular weight excluding hydrogens is 164 g/mol. The van der Waals surface area contributed by atoms with Crippen molar-refractivity contribution in [1.82, 2.24) is 4.98 Å². The van der Waals surface area contributed by atoms with Gasteiger partial charge in [-0.1, -0.05) is 16.8 Å². The van der Waals surface area contributed by atoms with Crippen LogP contribution in [-0.4, -0.2) is 4.98 Å². The largest absolute Gasteiger partial charge is 0.257 e. The van der Waals surface area contributed by atoms with Gasteiger partial charge in [-0.2, -0.15) is 4.91 Å². The Morgan fingerprint density at radius 1 is 1.64 bits per heavy atom. The number of halogens is 1. The van der Waals surface area contributed by atoms with E-state index in [1.807, 2.05) is 0 Å². The Morgan fingerprint density at radius 3 is 2.82 bits per heavy atom. The van der Waals surface area contributed by atoms with Gasteiger partial charge in [-0.05, 0) is 19.1 Å². The summed E-state index contributed by atoms with van der Waals surface area (Å²) in [6.45, 7) is 1.68. The van der Waals surface area contributed by atoms with E-state index in [9.17, 15) is 4.91 Å². The third kappa shape index (κ3) is 1.98. The highest BCUT2D eigenvalue weighted by molar-refractivity contribution is 6.30. The fraction of sp³-hybridized carbons (Fsp3) is 0.286. The Balaban J connectivity index is 2.89. The lowest BCUT2D eigenvalue weighted by Gasteiger charge is -1.99. The lowest BCUT2D eigenvalue weighted by atomic mass is 10.2. The fourth-order valence-corrected chi connectivity index (χ4v) is 0.800. The summed E-state index contributed by atoms with van der Waals surface area (Å²) in [6.07, 6.45) is 1.50. The maximum Gasteiger partial charge on any atom is 0.131 e. The molecule has 1 rings (SSSR count). The van der Waals surface area contributed by atoms with Crippen LogP contribution in [0.2, 0.25) is 5.02 Å². The summed E-state index contributed by atoms with van der Waals surface area (Å²) in [6, 6.07) is 2.98. The van der Waals surface area contributed by atoms with Crippen LogP contribution in [0.1, 0.15) is 18.7 Å². The molecule has 1 atom stereocenters. The van der Waals surface area contributed by atoms with Crippen molar-refractivity contribution >= 4 is 11.6 Å². The van der Waals surface area contributed by atoms with Crippen LogP contribution >= 0.6 is 11.6 Å². The maximum atomic E-state index is 10.1. The molecule has 58 valence electrons. The predicted molar refractivity (Wildman–Crippen MR) is 43.5 cm³/mol. The maximum absolute atomic E-state index is 10.1. The number of nitroso groups, excluding NO2 is 1. The van der Waals surface area contributed by atoms with Crippen LogP contribution in [0.3, 0.4) is 0 Å². The van der Waals surface area contributed by atoms with Crippen molar-refractivity contribution in [3.8, 4) is 0 Å². The minimum atomic E-state index is -0.396. The van der Waals surface area contributed by atoms with E-state index in [-0.39, 0.29) is 0 Å². The molecule has 0 radical (unpaired) electrons. The molecule has 0 bridgehead atoms. The summed E-state index contributed by atoms with van der Waals surface area (Å²) in [5.41, 5.74) is 0.643. The van der Waals surface area contributed by atoms with Gasteiger partial charge in [0.2, 0.25) is 0 Å². The zero-order valence-corrected chi connectivity index (χ0v) is 6.75. The second kappa shape index (κ2) is 3.44. The van der Waals surface area contributed by atoms with Crippen LogP contribution in [-0.2, 0) is 0 Å². The van der Waals surface area contributed by atoms with Gasteiger partial charge in [0.25, 0.3) is 0 Å². The lowest BCUT2D eigenvalue weighted by molar-refractivity contribution is 0.776. The average Bonchev–Trinajstić information content (AvgIpc) is 2.05. The molecule has 3 nitrogen and oxygen atoms in total. The number of pyridine rings is 1. The van der Waals surface area contributed by atoms with E-state index in [4.69, 9.17) is 11.6 Å². The molecule has 0 aliphatic heterocycles.